The highest BCUT2D eigenvalue weighted by Gasteiger charge is 2.06. The first-order valence-corrected chi connectivity index (χ1v) is 8.71. The SMILES string of the molecule is Cc1nccn1Cc1ccc(C(=O)NCCCc2ccc(F)cc2)cc1. The number of hydrogen-bond acceptors (Lipinski definition) is 2. The number of benzene rings is 2. The fourth-order valence-corrected chi connectivity index (χ4v) is 2.78. The maximum absolute atomic E-state index is 12.9. The second kappa shape index (κ2) is 8.43. The van der Waals surface area contributed by atoms with Crippen LogP contribution >= 0.6 is 0 Å². The number of rotatable bonds is 7. The van der Waals surface area contributed by atoms with Gasteiger partial charge >= 0.3 is 0 Å². The van der Waals surface area contributed by atoms with Crippen molar-refractivity contribution in [2.45, 2.75) is 26.3 Å². The van der Waals surface area contributed by atoms with Crippen LogP contribution in [-0.2, 0) is 13.0 Å². The van der Waals surface area contributed by atoms with Crippen LogP contribution in [0.15, 0.2) is 60.9 Å². The highest BCUT2D eigenvalue weighted by atomic mass is 19.1. The van der Waals surface area contributed by atoms with E-state index in [4.69, 9.17) is 0 Å². The van der Waals surface area contributed by atoms with Crippen LogP contribution in [0, 0.1) is 12.7 Å². The molecule has 1 amide bonds. The molecule has 0 saturated carbocycles. The van der Waals surface area contributed by atoms with Crippen LogP contribution < -0.4 is 5.32 Å². The molecule has 0 aliphatic rings. The summed E-state index contributed by atoms with van der Waals surface area (Å²) in [5.41, 5.74) is 2.84. The molecule has 0 radical (unpaired) electrons. The highest BCUT2D eigenvalue weighted by molar-refractivity contribution is 5.94. The van der Waals surface area contributed by atoms with Crippen molar-refractivity contribution in [1.82, 2.24) is 14.9 Å². The van der Waals surface area contributed by atoms with Gasteiger partial charge in [0.1, 0.15) is 11.6 Å². The zero-order chi connectivity index (χ0) is 18.4. The number of hydrogen-bond donors (Lipinski definition) is 1. The van der Waals surface area contributed by atoms with Crippen molar-refractivity contribution in [3.63, 3.8) is 0 Å². The summed E-state index contributed by atoms with van der Waals surface area (Å²) in [5.74, 6) is 0.663. The zero-order valence-electron chi connectivity index (χ0n) is 14.8. The molecule has 1 aromatic heterocycles. The van der Waals surface area contributed by atoms with Gasteiger partial charge < -0.3 is 9.88 Å². The van der Waals surface area contributed by atoms with Crippen LogP contribution in [0.4, 0.5) is 4.39 Å². The Hall–Kier alpha value is -2.95. The zero-order valence-corrected chi connectivity index (χ0v) is 14.8. The van der Waals surface area contributed by atoms with Crippen LogP contribution in [0.2, 0.25) is 0 Å². The number of amides is 1. The van der Waals surface area contributed by atoms with Crippen LogP contribution in [0.1, 0.15) is 33.7 Å². The number of halogens is 1. The molecule has 0 bridgehead atoms. The summed E-state index contributed by atoms with van der Waals surface area (Å²) in [5, 5.41) is 2.93. The predicted molar refractivity (Wildman–Crippen MR) is 99.6 cm³/mol. The fraction of sp³-hybridized carbons (Fsp3) is 0.238. The Kier molecular flexibility index (Phi) is 5.79. The number of carbonyl (C=O) groups excluding carboxylic acids is 1. The Balaban J connectivity index is 1.45. The predicted octanol–water partition coefficient (Wildman–Crippen LogP) is 3.74. The van der Waals surface area contributed by atoms with Crippen molar-refractivity contribution >= 4 is 5.91 Å². The Morgan fingerprint density at radius 1 is 1.08 bits per heavy atom. The number of imidazole rings is 1. The fourth-order valence-electron chi connectivity index (χ4n) is 2.78. The van der Waals surface area contributed by atoms with Crippen molar-refractivity contribution in [1.29, 1.82) is 0 Å². The molecule has 5 heteroatoms. The number of nitrogens with one attached hydrogen (secondary N) is 1. The molecule has 134 valence electrons. The van der Waals surface area contributed by atoms with Crippen molar-refractivity contribution < 1.29 is 9.18 Å². The van der Waals surface area contributed by atoms with Crippen LogP contribution in [0.3, 0.4) is 0 Å². The Morgan fingerprint density at radius 3 is 2.42 bits per heavy atom. The first-order chi connectivity index (χ1) is 12.6. The quantitative estimate of drug-likeness (QED) is 0.659. The molecule has 0 spiro atoms. The summed E-state index contributed by atoms with van der Waals surface area (Å²) in [6, 6.07) is 14.1. The Labute approximate surface area is 152 Å². The molecule has 26 heavy (non-hydrogen) atoms. The smallest absolute Gasteiger partial charge is 0.251 e. The number of aryl methyl sites for hydroxylation is 2. The first-order valence-electron chi connectivity index (χ1n) is 8.71. The van der Waals surface area contributed by atoms with E-state index in [0.29, 0.717) is 12.1 Å². The summed E-state index contributed by atoms with van der Waals surface area (Å²) in [7, 11) is 0. The third-order valence-corrected chi connectivity index (χ3v) is 4.33. The standard InChI is InChI=1S/C21H22FN3O/c1-16-23-13-14-25(16)15-18-4-8-19(9-5-18)21(26)24-12-2-3-17-6-10-20(22)11-7-17/h4-11,13-14H,2-3,12,15H2,1H3,(H,24,26). The molecule has 0 aliphatic carbocycles. The molecule has 4 nitrogen and oxygen atoms in total. The lowest BCUT2D eigenvalue weighted by molar-refractivity contribution is 0.0953. The molecule has 0 saturated heterocycles. The summed E-state index contributed by atoms with van der Waals surface area (Å²) >= 11 is 0. The molecule has 0 atom stereocenters. The van der Waals surface area contributed by atoms with E-state index in [0.717, 1.165) is 36.3 Å². The van der Waals surface area contributed by atoms with Gasteiger partial charge in [0.05, 0.1) is 0 Å². The van der Waals surface area contributed by atoms with Gasteiger partial charge in [-0.25, -0.2) is 9.37 Å². The molecule has 1 heterocycles. The van der Waals surface area contributed by atoms with Gasteiger partial charge in [0.15, 0.2) is 0 Å². The largest absolute Gasteiger partial charge is 0.352 e. The van der Waals surface area contributed by atoms with E-state index in [-0.39, 0.29) is 11.7 Å². The van der Waals surface area contributed by atoms with Gasteiger partial charge in [-0.15, -0.1) is 0 Å². The van der Waals surface area contributed by atoms with Gasteiger partial charge in [-0.1, -0.05) is 24.3 Å². The lowest BCUT2D eigenvalue weighted by Crippen LogP contribution is -2.24. The minimum Gasteiger partial charge on any atom is -0.352 e. The van der Waals surface area contributed by atoms with Crippen molar-refractivity contribution in [2.75, 3.05) is 6.54 Å². The first kappa shape index (κ1) is 17.9. The summed E-state index contributed by atoms with van der Waals surface area (Å²) in [6.45, 7) is 3.30. The molecule has 1 N–H and O–H groups in total. The number of aromatic nitrogens is 2. The van der Waals surface area contributed by atoms with Gasteiger partial charge in [-0.05, 0) is 55.2 Å². The normalized spacial score (nSPS) is 10.7. The second-order valence-corrected chi connectivity index (χ2v) is 6.29. The van der Waals surface area contributed by atoms with E-state index in [1.54, 1.807) is 18.3 Å². The lowest BCUT2D eigenvalue weighted by atomic mass is 10.1. The molecule has 3 rings (SSSR count). The highest BCUT2D eigenvalue weighted by Crippen LogP contribution is 2.09. The van der Waals surface area contributed by atoms with E-state index in [2.05, 4.69) is 14.9 Å². The number of carbonyl (C=O) groups is 1. The van der Waals surface area contributed by atoms with Gasteiger partial charge in [0.2, 0.25) is 0 Å². The molecule has 3 aromatic rings. The van der Waals surface area contributed by atoms with Crippen molar-refractivity contribution in [2.24, 2.45) is 0 Å². The average Bonchev–Trinajstić information content (AvgIpc) is 3.05. The summed E-state index contributed by atoms with van der Waals surface area (Å²) < 4.78 is 14.9. The molecule has 0 aliphatic heterocycles. The van der Waals surface area contributed by atoms with E-state index in [1.807, 2.05) is 37.4 Å². The maximum atomic E-state index is 12.9. The Bertz CT molecular complexity index is 854. The van der Waals surface area contributed by atoms with Gasteiger partial charge in [0.25, 0.3) is 5.91 Å². The summed E-state index contributed by atoms with van der Waals surface area (Å²) in [4.78, 5) is 16.4. The van der Waals surface area contributed by atoms with Crippen molar-refractivity contribution in [3.8, 4) is 0 Å². The molecular formula is C21H22FN3O. The van der Waals surface area contributed by atoms with Crippen LogP contribution in [0.25, 0.3) is 0 Å². The van der Waals surface area contributed by atoms with E-state index in [9.17, 15) is 9.18 Å². The van der Waals surface area contributed by atoms with Crippen molar-refractivity contribution in [3.05, 3.63) is 89.3 Å². The maximum Gasteiger partial charge on any atom is 0.251 e. The van der Waals surface area contributed by atoms with Crippen LogP contribution in [0.5, 0.6) is 0 Å². The lowest BCUT2D eigenvalue weighted by Gasteiger charge is -2.08. The van der Waals surface area contributed by atoms with E-state index in [1.165, 1.54) is 12.1 Å². The third-order valence-electron chi connectivity index (χ3n) is 4.33. The average molecular weight is 351 g/mol. The minimum atomic E-state index is -0.228. The topological polar surface area (TPSA) is 46.9 Å². The third kappa shape index (κ3) is 4.79. The Morgan fingerprint density at radius 2 is 1.77 bits per heavy atom. The molecule has 0 unspecified atom stereocenters. The van der Waals surface area contributed by atoms with Gasteiger partial charge in [0, 0.05) is 31.0 Å². The molecule has 0 fully saturated rings. The monoisotopic (exact) mass is 351 g/mol. The summed E-state index contributed by atoms with van der Waals surface area (Å²) in [6.07, 6.45) is 5.35. The number of nitrogens with zero attached hydrogens (tertiary/aromatic N) is 2. The van der Waals surface area contributed by atoms with Gasteiger partial charge in [-0.2, -0.15) is 0 Å². The second-order valence-electron chi connectivity index (χ2n) is 6.29. The minimum absolute atomic E-state index is 0.0746. The molecular weight excluding hydrogens is 329 g/mol. The molecule has 2 aromatic carbocycles. The van der Waals surface area contributed by atoms with Crippen LogP contribution in [-0.4, -0.2) is 22.0 Å². The van der Waals surface area contributed by atoms with E-state index >= 15 is 0 Å². The van der Waals surface area contributed by atoms with E-state index < -0.39 is 0 Å². The van der Waals surface area contributed by atoms with Gasteiger partial charge in [-0.3, -0.25) is 4.79 Å².